The zero-order valence-corrected chi connectivity index (χ0v) is 16.8. The number of nitrogens with one attached hydrogen (secondary N) is 2. The van der Waals surface area contributed by atoms with Gasteiger partial charge in [0.15, 0.2) is 24.1 Å². The number of para-hydroxylation sites is 1. The minimum atomic E-state index is -4.46. The van der Waals surface area contributed by atoms with Gasteiger partial charge in [-0.3, -0.25) is 4.99 Å². The Balaban J connectivity index is 1.95. The fourth-order valence-corrected chi connectivity index (χ4v) is 2.55. The first-order valence-electron chi connectivity index (χ1n) is 9.05. The van der Waals surface area contributed by atoms with Crippen LogP contribution in [0, 0.1) is 0 Å². The van der Waals surface area contributed by atoms with E-state index in [4.69, 9.17) is 9.47 Å². The van der Waals surface area contributed by atoms with Crippen molar-refractivity contribution in [1.82, 2.24) is 10.6 Å². The Hall–Kier alpha value is -3.24. The highest BCUT2D eigenvalue weighted by atomic mass is 19.4. The SMILES string of the molecule is CN=C(NCc1ccc(OCC(F)(F)F)c(OC)c1)NCc1ccccc1OC(F)F. The normalized spacial score (nSPS) is 11.9. The Kier molecular flexibility index (Phi) is 8.71. The average Bonchev–Trinajstić information content (AvgIpc) is 2.72. The molecule has 31 heavy (non-hydrogen) atoms. The van der Waals surface area contributed by atoms with E-state index in [1.807, 2.05) is 0 Å². The minimum absolute atomic E-state index is 0.0262. The number of ether oxygens (including phenoxy) is 3. The Morgan fingerprint density at radius 3 is 2.35 bits per heavy atom. The van der Waals surface area contributed by atoms with Gasteiger partial charge in [0.2, 0.25) is 0 Å². The van der Waals surface area contributed by atoms with E-state index in [9.17, 15) is 22.0 Å². The van der Waals surface area contributed by atoms with Gasteiger partial charge in [0, 0.05) is 25.7 Å². The van der Waals surface area contributed by atoms with E-state index in [-0.39, 0.29) is 30.3 Å². The molecule has 0 aliphatic carbocycles. The topological polar surface area (TPSA) is 64.1 Å². The van der Waals surface area contributed by atoms with Gasteiger partial charge < -0.3 is 24.8 Å². The summed E-state index contributed by atoms with van der Waals surface area (Å²) in [6.07, 6.45) is -4.46. The number of benzene rings is 2. The second kappa shape index (κ2) is 11.2. The number of guanidine groups is 1. The quantitative estimate of drug-likeness (QED) is 0.344. The predicted octanol–water partition coefficient (Wildman–Crippen LogP) is 4.10. The van der Waals surface area contributed by atoms with Gasteiger partial charge in [-0.15, -0.1) is 0 Å². The summed E-state index contributed by atoms with van der Waals surface area (Å²) in [7, 11) is 2.86. The summed E-state index contributed by atoms with van der Waals surface area (Å²) < 4.78 is 76.4. The van der Waals surface area contributed by atoms with E-state index >= 15 is 0 Å². The maximum absolute atomic E-state index is 12.5. The van der Waals surface area contributed by atoms with Crippen LogP contribution in [-0.2, 0) is 13.1 Å². The number of nitrogens with zero attached hydrogens (tertiary/aromatic N) is 1. The maximum atomic E-state index is 12.5. The zero-order chi connectivity index (χ0) is 22.9. The van der Waals surface area contributed by atoms with Crippen LogP contribution in [0.4, 0.5) is 22.0 Å². The van der Waals surface area contributed by atoms with E-state index in [2.05, 4.69) is 20.4 Å². The first kappa shape index (κ1) is 24.0. The summed E-state index contributed by atoms with van der Waals surface area (Å²) in [5.74, 6) is 0.564. The molecule has 0 aromatic heterocycles. The van der Waals surface area contributed by atoms with Gasteiger partial charge in [-0.2, -0.15) is 22.0 Å². The lowest BCUT2D eigenvalue weighted by Crippen LogP contribution is -2.36. The second-order valence-electron chi connectivity index (χ2n) is 6.15. The van der Waals surface area contributed by atoms with Crippen LogP contribution >= 0.6 is 0 Å². The second-order valence-corrected chi connectivity index (χ2v) is 6.15. The highest BCUT2D eigenvalue weighted by Gasteiger charge is 2.29. The van der Waals surface area contributed by atoms with Crippen LogP contribution in [0.2, 0.25) is 0 Å². The molecule has 11 heteroatoms. The van der Waals surface area contributed by atoms with E-state index in [1.54, 1.807) is 24.3 Å². The number of halogens is 5. The monoisotopic (exact) mass is 447 g/mol. The van der Waals surface area contributed by atoms with Gasteiger partial charge in [-0.1, -0.05) is 24.3 Å². The standard InChI is InChI=1S/C20H22F5N3O3/c1-26-19(28-11-14-5-3-4-6-15(14)31-18(21)22)27-10-13-7-8-16(17(9-13)29-2)30-12-20(23,24)25/h3-9,18H,10-12H2,1-2H3,(H2,26,27,28). The minimum Gasteiger partial charge on any atom is -0.493 e. The molecule has 0 heterocycles. The first-order valence-corrected chi connectivity index (χ1v) is 9.05. The van der Waals surface area contributed by atoms with Crippen LogP contribution in [0.5, 0.6) is 17.2 Å². The largest absolute Gasteiger partial charge is 0.493 e. The van der Waals surface area contributed by atoms with Gasteiger partial charge in [0.1, 0.15) is 5.75 Å². The molecule has 0 unspecified atom stereocenters. The van der Waals surface area contributed by atoms with Crippen LogP contribution in [-0.4, -0.2) is 39.5 Å². The lowest BCUT2D eigenvalue weighted by Gasteiger charge is -2.16. The summed E-state index contributed by atoms with van der Waals surface area (Å²) in [6.45, 7) is -3.91. The highest BCUT2D eigenvalue weighted by molar-refractivity contribution is 5.79. The maximum Gasteiger partial charge on any atom is 0.422 e. The van der Waals surface area contributed by atoms with Crippen molar-refractivity contribution in [3.8, 4) is 17.2 Å². The number of hydrogen-bond donors (Lipinski definition) is 2. The molecule has 2 N–H and O–H groups in total. The molecular weight excluding hydrogens is 425 g/mol. The molecule has 2 aromatic carbocycles. The summed E-state index contributed by atoms with van der Waals surface area (Å²) in [6, 6.07) is 10.9. The van der Waals surface area contributed by atoms with Gasteiger partial charge in [-0.05, 0) is 23.8 Å². The van der Waals surface area contributed by atoms with Gasteiger partial charge in [0.25, 0.3) is 0 Å². The molecular formula is C20H22F5N3O3. The van der Waals surface area contributed by atoms with Gasteiger partial charge >= 0.3 is 12.8 Å². The number of aliphatic imine (C=N–C) groups is 1. The smallest absolute Gasteiger partial charge is 0.422 e. The van der Waals surface area contributed by atoms with Crippen molar-refractivity contribution in [2.24, 2.45) is 4.99 Å². The Bertz CT molecular complexity index is 875. The number of alkyl halides is 5. The van der Waals surface area contributed by atoms with Crippen LogP contribution in [0.3, 0.4) is 0 Å². The van der Waals surface area contributed by atoms with Crippen molar-refractivity contribution in [3.05, 3.63) is 53.6 Å². The molecule has 0 saturated heterocycles. The molecule has 0 aliphatic rings. The van der Waals surface area contributed by atoms with Crippen LogP contribution in [0.1, 0.15) is 11.1 Å². The lowest BCUT2D eigenvalue weighted by atomic mass is 10.2. The lowest BCUT2D eigenvalue weighted by molar-refractivity contribution is -0.153. The predicted molar refractivity (Wildman–Crippen MR) is 105 cm³/mol. The Morgan fingerprint density at radius 2 is 1.71 bits per heavy atom. The average molecular weight is 447 g/mol. The molecule has 170 valence electrons. The highest BCUT2D eigenvalue weighted by Crippen LogP contribution is 2.29. The fourth-order valence-electron chi connectivity index (χ4n) is 2.55. The third-order valence-electron chi connectivity index (χ3n) is 3.94. The molecule has 0 amide bonds. The zero-order valence-electron chi connectivity index (χ0n) is 16.8. The molecule has 2 rings (SSSR count). The molecule has 0 atom stereocenters. The summed E-state index contributed by atoms with van der Waals surface area (Å²) >= 11 is 0. The number of methoxy groups -OCH3 is 1. The Morgan fingerprint density at radius 1 is 1.00 bits per heavy atom. The summed E-state index contributed by atoms with van der Waals surface area (Å²) in [5, 5.41) is 6.00. The molecule has 0 radical (unpaired) electrons. The van der Waals surface area contributed by atoms with Crippen LogP contribution in [0.25, 0.3) is 0 Å². The van der Waals surface area contributed by atoms with Crippen molar-refractivity contribution in [1.29, 1.82) is 0 Å². The molecule has 0 bridgehead atoms. The molecule has 0 fully saturated rings. The molecule has 0 aliphatic heterocycles. The Labute approximate surface area is 176 Å². The van der Waals surface area contributed by atoms with Gasteiger partial charge in [-0.25, -0.2) is 0 Å². The van der Waals surface area contributed by atoms with Crippen molar-refractivity contribution in [2.75, 3.05) is 20.8 Å². The molecule has 6 nitrogen and oxygen atoms in total. The van der Waals surface area contributed by atoms with Crippen molar-refractivity contribution >= 4 is 5.96 Å². The van der Waals surface area contributed by atoms with Crippen molar-refractivity contribution < 1.29 is 36.2 Å². The number of hydrogen-bond acceptors (Lipinski definition) is 4. The van der Waals surface area contributed by atoms with Gasteiger partial charge in [0.05, 0.1) is 7.11 Å². The van der Waals surface area contributed by atoms with Crippen molar-refractivity contribution in [2.45, 2.75) is 25.9 Å². The first-order chi connectivity index (χ1) is 14.7. The van der Waals surface area contributed by atoms with Crippen LogP contribution < -0.4 is 24.8 Å². The van der Waals surface area contributed by atoms with Crippen molar-refractivity contribution in [3.63, 3.8) is 0 Å². The molecule has 0 spiro atoms. The molecule has 2 aromatic rings. The van der Waals surface area contributed by atoms with E-state index in [1.165, 1.54) is 32.4 Å². The third-order valence-corrected chi connectivity index (χ3v) is 3.94. The van der Waals surface area contributed by atoms with E-state index < -0.39 is 19.4 Å². The van der Waals surface area contributed by atoms with E-state index in [0.717, 1.165) is 0 Å². The summed E-state index contributed by atoms with van der Waals surface area (Å²) in [5.41, 5.74) is 1.21. The summed E-state index contributed by atoms with van der Waals surface area (Å²) in [4.78, 5) is 4.05. The molecule has 0 saturated carbocycles. The van der Waals surface area contributed by atoms with E-state index in [0.29, 0.717) is 17.1 Å². The number of rotatable bonds is 9. The fraction of sp³-hybridized carbons (Fsp3) is 0.350. The van der Waals surface area contributed by atoms with Crippen LogP contribution in [0.15, 0.2) is 47.5 Å². The third kappa shape index (κ3) is 8.19.